The lowest BCUT2D eigenvalue weighted by Crippen LogP contribution is -2.08. The number of hydrogen-bond acceptors (Lipinski definition) is 3. The third-order valence-corrected chi connectivity index (χ3v) is 3.99. The molecule has 1 N–H and O–H groups in total. The fourth-order valence-electron chi connectivity index (χ4n) is 2.59. The predicted molar refractivity (Wildman–Crippen MR) is 95.4 cm³/mol. The number of aryl methyl sites for hydroxylation is 1. The lowest BCUT2D eigenvalue weighted by molar-refractivity contribution is 0.0697. The second kappa shape index (κ2) is 6.20. The van der Waals surface area contributed by atoms with Crippen LogP contribution in [0, 0.1) is 0 Å². The van der Waals surface area contributed by atoms with Gasteiger partial charge < -0.3 is 10.0 Å². The highest BCUT2D eigenvalue weighted by Gasteiger charge is 2.10. The molecule has 0 aliphatic carbocycles. The van der Waals surface area contributed by atoms with Crippen LogP contribution >= 0.6 is 0 Å². The molecule has 1 heterocycles. The van der Waals surface area contributed by atoms with Gasteiger partial charge in [-0.3, -0.25) is 4.68 Å². The highest BCUT2D eigenvalue weighted by atomic mass is 16.4. The summed E-state index contributed by atoms with van der Waals surface area (Å²) in [7, 11) is 5.93. The van der Waals surface area contributed by atoms with Crippen LogP contribution in [0.5, 0.6) is 0 Å². The number of benzene rings is 2. The van der Waals surface area contributed by atoms with E-state index in [-0.39, 0.29) is 5.56 Å². The Kier molecular flexibility index (Phi) is 4.08. The first-order chi connectivity index (χ1) is 11.5. The maximum atomic E-state index is 10.9. The van der Waals surface area contributed by atoms with Gasteiger partial charge in [-0.2, -0.15) is 5.10 Å². The van der Waals surface area contributed by atoms with Crippen LogP contribution in [0.4, 0.5) is 5.69 Å². The van der Waals surface area contributed by atoms with Crippen molar-refractivity contribution in [1.29, 1.82) is 0 Å². The molecule has 0 unspecified atom stereocenters. The zero-order valence-corrected chi connectivity index (χ0v) is 13.9. The molecule has 0 aliphatic rings. The number of anilines is 1. The van der Waals surface area contributed by atoms with Gasteiger partial charge in [0.1, 0.15) is 0 Å². The summed E-state index contributed by atoms with van der Waals surface area (Å²) < 4.78 is 1.84. The van der Waals surface area contributed by atoms with Gasteiger partial charge in [0.2, 0.25) is 0 Å². The first-order valence-electron chi connectivity index (χ1n) is 7.61. The van der Waals surface area contributed by atoms with E-state index < -0.39 is 5.97 Å². The van der Waals surface area contributed by atoms with Gasteiger partial charge in [-0.1, -0.05) is 24.3 Å². The molecule has 122 valence electrons. The zero-order chi connectivity index (χ0) is 17.3. The molecule has 0 aliphatic heterocycles. The van der Waals surface area contributed by atoms with Gasteiger partial charge in [0.05, 0.1) is 17.0 Å². The van der Waals surface area contributed by atoms with Gasteiger partial charge in [0.15, 0.2) is 0 Å². The van der Waals surface area contributed by atoms with Crippen LogP contribution in [0.3, 0.4) is 0 Å². The van der Waals surface area contributed by atoms with Crippen LogP contribution in [0.1, 0.15) is 10.4 Å². The van der Waals surface area contributed by atoms with Crippen molar-refractivity contribution in [3.05, 3.63) is 60.2 Å². The summed E-state index contributed by atoms with van der Waals surface area (Å²) in [5.41, 5.74) is 5.23. The molecule has 0 spiro atoms. The van der Waals surface area contributed by atoms with Gasteiger partial charge in [-0.05, 0) is 35.9 Å². The van der Waals surface area contributed by atoms with Gasteiger partial charge in [-0.25, -0.2) is 4.79 Å². The number of carboxylic acids is 1. The molecule has 0 radical (unpaired) electrons. The van der Waals surface area contributed by atoms with E-state index in [1.165, 1.54) is 0 Å². The lowest BCUT2D eigenvalue weighted by Gasteiger charge is -2.12. The van der Waals surface area contributed by atoms with Crippen molar-refractivity contribution in [2.45, 2.75) is 0 Å². The maximum Gasteiger partial charge on any atom is 0.335 e. The predicted octanol–water partition coefficient (Wildman–Crippen LogP) is 3.52. The molecule has 24 heavy (non-hydrogen) atoms. The molecule has 0 bridgehead atoms. The molecule has 2 aromatic carbocycles. The monoisotopic (exact) mass is 321 g/mol. The Labute approximate surface area is 140 Å². The third kappa shape index (κ3) is 3.01. The molecule has 0 atom stereocenters. The maximum absolute atomic E-state index is 10.9. The van der Waals surface area contributed by atoms with Gasteiger partial charge >= 0.3 is 5.97 Å². The van der Waals surface area contributed by atoms with Crippen molar-refractivity contribution in [1.82, 2.24) is 9.78 Å². The number of nitrogens with zero attached hydrogens (tertiary/aromatic N) is 3. The summed E-state index contributed by atoms with van der Waals surface area (Å²) in [6.07, 6.45) is 0. The van der Waals surface area contributed by atoms with E-state index in [2.05, 4.69) is 34.3 Å². The van der Waals surface area contributed by atoms with Crippen molar-refractivity contribution in [2.75, 3.05) is 19.0 Å². The summed E-state index contributed by atoms with van der Waals surface area (Å²) >= 11 is 0. The first-order valence-corrected chi connectivity index (χ1v) is 7.61. The average Bonchev–Trinajstić information content (AvgIpc) is 2.97. The molecule has 5 nitrogen and oxygen atoms in total. The highest BCUT2D eigenvalue weighted by molar-refractivity contribution is 5.88. The fourth-order valence-corrected chi connectivity index (χ4v) is 2.59. The number of rotatable bonds is 4. The van der Waals surface area contributed by atoms with Crippen molar-refractivity contribution in [3.8, 4) is 22.5 Å². The van der Waals surface area contributed by atoms with Crippen LogP contribution in [-0.4, -0.2) is 35.0 Å². The molecule has 3 aromatic rings. The highest BCUT2D eigenvalue weighted by Crippen LogP contribution is 2.27. The van der Waals surface area contributed by atoms with Crippen LogP contribution in [-0.2, 0) is 7.05 Å². The Morgan fingerprint density at radius 1 is 1.00 bits per heavy atom. The molecular weight excluding hydrogens is 302 g/mol. The smallest absolute Gasteiger partial charge is 0.335 e. The van der Waals surface area contributed by atoms with E-state index in [9.17, 15) is 4.79 Å². The lowest BCUT2D eigenvalue weighted by atomic mass is 10.1. The molecule has 1 aromatic heterocycles. The van der Waals surface area contributed by atoms with E-state index in [4.69, 9.17) is 5.11 Å². The van der Waals surface area contributed by atoms with E-state index >= 15 is 0 Å². The molecule has 0 saturated carbocycles. The van der Waals surface area contributed by atoms with Gasteiger partial charge in [-0.15, -0.1) is 0 Å². The summed E-state index contributed by atoms with van der Waals surface area (Å²) in [5.74, 6) is -0.927. The topological polar surface area (TPSA) is 58.4 Å². The van der Waals surface area contributed by atoms with Crippen LogP contribution in [0.2, 0.25) is 0 Å². The molecule has 0 fully saturated rings. The van der Waals surface area contributed by atoms with E-state index in [1.807, 2.05) is 31.9 Å². The molecule has 0 saturated heterocycles. The van der Waals surface area contributed by atoms with Crippen LogP contribution < -0.4 is 4.90 Å². The Hall–Kier alpha value is -3.08. The first kappa shape index (κ1) is 15.8. The molecule has 3 rings (SSSR count). The Morgan fingerprint density at radius 2 is 1.58 bits per heavy atom. The molecular formula is C19H19N3O2. The van der Waals surface area contributed by atoms with Crippen LogP contribution in [0.15, 0.2) is 54.6 Å². The number of hydrogen-bond donors (Lipinski definition) is 1. The zero-order valence-electron chi connectivity index (χ0n) is 13.9. The number of carboxylic acid groups (broad SMARTS) is 1. The average molecular weight is 321 g/mol. The Morgan fingerprint density at radius 3 is 2.12 bits per heavy atom. The summed E-state index contributed by atoms with van der Waals surface area (Å²) in [5, 5.41) is 13.5. The van der Waals surface area contributed by atoms with Gasteiger partial charge in [0, 0.05) is 32.4 Å². The number of carbonyl (C=O) groups is 1. The second-order valence-corrected chi connectivity index (χ2v) is 5.86. The minimum absolute atomic E-state index is 0.272. The standard InChI is InChI=1S/C19H19N3O2/c1-21(2)16-10-8-14(9-11-16)18-12-17(20-22(18)3)13-4-6-15(7-5-13)19(23)24/h4-12H,1-3H3,(H,23,24). The van der Waals surface area contributed by atoms with E-state index in [1.54, 1.807) is 24.3 Å². The number of aromatic carboxylic acids is 1. The molecule has 0 amide bonds. The Bertz CT molecular complexity index is 863. The number of aromatic nitrogens is 2. The van der Waals surface area contributed by atoms with Crippen LogP contribution in [0.25, 0.3) is 22.5 Å². The van der Waals surface area contributed by atoms with Gasteiger partial charge in [0.25, 0.3) is 0 Å². The summed E-state index contributed by atoms with van der Waals surface area (Å²) in [6.45, 7) is 0. The minimum Gasteiger partial charge on any atom is -0.478 e. The van der Waals surface area contributed by atoms with Crippen molar-refractivity contribution in [3.63, 3.8) is 0 Å². The normalized spacial score (nSPS) is 10.6. The van der Waals surface area contributed by atoms with Crippen molar-refractivity contribution >= 4 is 11.7 Å². The summed E-state index contributed by atoms with van der Waals surface area (Å²) in [6, 6.07) is 17.1. The third-order valence-electron chi connectivity index (χ3n) is 3.99. The molecule has 5 heteroatoms. The van der Waals surface area contributed by atoms with E-state index in [0.29, 0.717) is 0 Å². The Balaban J connectivity index is 1.93. The van der Waals surface area contributed by atoms with E-state index in [0.717, 1.165) is 28.2 Å². The van der Waals surface area contributed by atoms with Crippen molar-refractivity contribution < 1.29 is 9.90 Å². The SMILES string of the molecule is CN(C)c1ccc(-c2cc(-c3ccc(C(=O)O)cc3)nn2C)cc1. The summed E-state index contributed by atoms with van der Waals surface area (Å²) in [4.78, 5) is 13.0. The second-order valence-electron chi connectivity index (χ2n) is 5.86. The van der Waals surface area contributed by atoms with Crippen molar-refractivity contribution in [2.24, 2.45) is 7.05 Å². The largest absolute Gasteiger partial charge is 0.478 e. The quantitative estimate of drug-likeness (QED) is 0.799. The fraction of sp³-hybridized carbons (Fsp3) is 0.158. The minimum atomic E-state index is -0.927.